The first-order chi connectivity index (χ1) is 29.2. The van der Waals surface area contributed by atoms with Crippen molar-refractivity contribution < 1.29 is 0 Å². The molecule has 0 N–H and O–H groups in total. The fraction of sp³-hybridized carbons (Fsp3) is 0.0377. The topological polar surface area (TPSA) is 41.9 Å². The summed E-state index contributed by atoms with van der Waals surface area (Å²) >= 11 is 3.64. The van der Waals surface area contributed by atoms with Crippen LogP contribution in [-0.2, 0) is 0 Å². The van der Waals surface area contributed by atoms with Crippen LogP contribution in [-0.4, -0.2) is 21.0 Å². The van der Waals surface area contributed by atoms with Gasteiger partial charge in [0.05, 0.1) is 6.04 Å². The molecule has 0 saturated heterocycles. The lowest BCUT2D eigenvalue weighted by atomic mass is 9.90. The first kappa shape index (κ1) is 33.0. The van der Waals surface area contributed by atoms with Crippen molar-refractivity contribution in [3.63, 3.8) is 0 Å². The molecule has 6 heteroatoms. The van der Waals surface area contributed by atoms with Crippen molar-refractivity contribution in [3.05, 3.63) is 188 Å². The summed E-state index contributed by atoms with van der Waals surface area (Å²) in [6.07, 6.45) is 9.11. The van der Waals surface area contributed by atoms with E-state index in [2.05, 4.69) is 187 Å². The lowest BCUT2D eigenvalue weighted by Crippen LogP contribution is -2.28. The SMILES string of the molecule is C1=CC2c3cc4ccccc4cc3N(c3cc(-c4nc(-c5ccc6ccccc6c5)nc(-c5cccc6c5sc5ccccc56)n4)c4c(c3)sc3ccccc34)C2C=C1. The van der Waals surface area contributed by atoms with Crippen LogP contribution in [0.4, 0.5) is 11.4 Å². The van der Waals surface area contributed by atoms with Crippen molar-refractivity contribution in [2.24, 2.45) is 0 Å². The second-order valence-electron chi connectivity index (χ2n) is 15.5. The monoisotopic (exact) mass is 788 g/mol. The molecule has 0 amide bonds. The highest BCUT2D eigenvalue weighted by Gasteiger charge is 2.38. The predicted molar refractivity (Wildman–Crippen MR) is 250 cm³/mol. The standard InChI is InChI=1S/C53H32N4S2/c1-2-13-32-26-35(25-24-31(32)12-1)51-54-52(41-20-11-19-39-38-17-6-9-22-46(38)59-50(39)41)56-53(55-51)43-29-36(30-48-49(43)40-18-7-10-23-47(40)58-48)57-44-21-8-5-16-37(44)42-27-33-14-3-4-15-34(33)28-45(42)57/h1-30,37,44H. The molecule has 0 radical (unpaired) electrons. The molecule has 2 unspecified atom stereocenters. The average molecular weight is 789 g/mol. The van der Waals surface area contributed by atoms with E-state index in [4.69, 9.17) is 15.0 Å². The summed E-state index contributed by atoms with van der Waals surface area (Å²) < 4.78 is 4.88. The van der Waals surface area contributed by atoms with Gasteiger partial charge in [-0.25, -0.2) is 15.0 Å². The van der Waals surface area contributed by atoms with Crippen LogP contribution in [0.2, 0.25) is 0 Å². The minimum absolute atomic E-state index is 0.138. The van der Waals surface area contributed by atoms with Gasteiger partial charge in [-0.2, -0.15) is 0 Å². The van der Waals surface area contributed by atoms with E-state index in [9.17, 15) is 0 Å². The Kier molecular flexibility index (Phi) is 7.14. The highest BCUT2D eigenvalue weighted by atomic mass is 32.1. The molecule has 3 aromatic heterocycles. The molecule has 13 rings (SSSR count). The Morgan fingerprint density at radius 2 is 1.12 bits per heavy atom. The molecular formula is C53H32N4S2. The number of hydrogen-bond acceptors (Lipinski definition) is 6. The number of aromatic nitrogens is 3. The second-order valence-corrected chi connectivity index (χ2v) is 17.7. The zero-order valence-corrected chi connectivity index (χ0v) is 33.2. The molecular weight excluding hydrogens is 757 g/mol. The van der Waals surface area contributed by atoms with Crippen LogP contribution in [0.15, 0.2) is 182 Å². The molecule has 0 saturated carbocycles. The first-order valence-corrected chi connectivity index (χ1v) is 21.6. The molecule has 2 aliphatic rings. The number of allylic oxidation sites excluding steroid dienone is 2. The van der Waals surface area contributed by atoms with Crippen LogP contribution in [0.3, 0.4) is 0 Å². The largest absolute Gasteiger partial charge is 0.333 e. The Morgan fingerprint density at radius 1 is 0.458 bits per heavy atom. The maximum Gasteiger partial charge on any atom is 0.165 e. The van der Waals surface area contributed by atoms with Crippen molar-refractivity contribution in [1.29, 1.82) is 0 Å². The van der Waals surface area contributed by atoms with Crippen LogP contribution in [0, 0.1) is 0 Å². The highest BCUT2D eigenvalue weighted by molar-refractivity contribution is 7.26. The Hall–Kier alpha value is -6.99. The number of nitrogens with zero attached hydrogens (tertiary/aromatic N) is 4. The Morgan fingerprint density at radius 3 is 1.97 bits per heavy atom. The average Bonchev–Trinajstić information content (AvgIpc) is 3.97. The van der Waals surface area contributed by atoms with Gasteiger partial charge in [0.2, 0.25) is 0 Å². The summed E-state index contributed by atoms with van der Waals surface area (Å²) in [4.78, 5) is 18.8. The van der Waals surface area contributed by atoms with Gasteiger partial charge in [-0.1, -0.05) is 133 Å². The van der Waals surface area contributed by atoms with Gasteiger partial charge in [0.25, 0.3) is 0 Å². The summed E-state index contributed by atoms with van der Waals surface area (Å²) in [5.41, 5.74) is 6.70. The number of hydrogen-bond donors (Lipinski definition) is 0. The lowest BCUT2D eigenvalue weighted by Gasteiger charge is -2.29. The molecule has 1 aliphatic carbocycles. The highest BCUT2D eigenvalue weighted by Crippen LogP contribution is 2.52. The zero-order valence-electron chi connectivity index (χ0n) is 31.6. The summed E-state index contributed by atoms with van der Waals surface area (Å²) in [6, 6.07) is 57.3. The Bertz CT molecular complexity index is 3610. The van der Waals surface area contributed by atoms with Gasteiger partial charge in [0, 0.05) is 74.3 Å². The third kappa shape index (κ3) is 5.10. The maximum absolute atomic E-state index is 5.50. The summed E-state index contributed by atoms with van der Waals surface area (Å²) in [6.45, 7) is 0. The molecule has 1 aliphatic heterocycles. The van der Waals surface area contributed by atoms with Crippen LogP contribution in [0.25, 0.3) is 96.1 Å². The van der Waals surface area contributed by atoms with E-state index in [0.29, 0.717) is 17.5 Å². The first-order valence-electron chi connectivity index (χ1n) is 20.0. The molecule has 4 heterocycles. The third-order valence-corrected chi connectivity index (χ3v) is 14.5. The Labute approximate surface area is 347 Å². The molecule has 8 aromatic carbocycles. The molecule has 11 aromatic rings. The van der Waals surface area contributed by atoms with Crippen LogP contribution in [0.5, 0.6) is 0 Å². The fourth-order valence-electron chi connectivity index (χ4n) is 9.48. The predicted octanol–water partition coefficient (Wildman–Crippen LogP) is 14.6. The fourth-order valence-corrected chi connectivity index (χ4v) is 11.9. The van der Waals surface area contributed by atoms with Gasteiger partial charge in [0.1, 0.15) is 0 Å². The minimum Gasteiger partial charge on any atom is -0.333 e. The van der Waals surface area contributed by atoms with Crippen molar-refractivity contribution in [2.75, 3.05) is 4.90 Å². The summed E-state index contributed by atoms with van der Waals surface area (Å²) in [7, 11) is 0. The van der Waals surface area contributed by atoms with E-state index in [0.717, 1.165) is 27.8 Å². The Balaban J connectivity index is 1.10. The van der Waals surface area contributed by atoms with Gasteiger partial charge in [-0.05, 0) is 75.6 Å². The normalized spacial score (nSPS) is 16.0. The van der Waals surface area contributed by atoms with E-state index in [1.165, 1.54) is 67.8 Å². The number of benzene rings is 8. The lowest BCUT2D eigenvalue weighted by molar-refractivity contribution is 0.745. The molecule has 59 heavy (non-hydrogen) atoms. The second kappa shape index (κ2) is 12.8. The van der Waals surface area contributed by atoms with Crippen molar-refractivity contribution in [2.45, 2.75) is 12.0 Å². The number of thiophene rings is 2. The van der Waals surface area contributed by atoms with E-state index in [-0.39, 0.29) is 12.0 Å². The van der Waals surface area contributed by atoms with Crippen molar-refractivity contribution >= 4 is 95.9 Å². The quantitative estimate of drug-likeness (QED) is 0.178. The van der Waals surface area contributed by atoms with E-state index in [1.54, 1.807) is 11.3 Å². The number of rotatable bonds is 4. The third-order valence-electron chi connectivity index (χ3n) is 12.2. The van der Waals surface area contributed by atoms with Crippen molar-refractivity contribution in [1.82, 2.24) is 15.0 Å². The van der Waals surface area contributed by atoms with Gasteiger partial charge in [-0.15, -0.1) is 22.7 Å². The molecule has 4 nitrogen and oxygen atoms in total. The van der Waals surface area contributed by atoms with E-state index < -0.39 is 0 Å². The van der Waals surface area contributed by atoms with Gasteiger partial charge < -0.3 is 4.90 Å². The van der Waals surface area contributed by atoms with E-state index in [1.807, 2.05) is 11.3 Å². The maximum atomic E-state index is 5.50. The minimum atomic E-state index is 0.138. The molecule has 0 spiro atoms. The molecule has 0 fully saturated rings. The molecule has 0 bridgehead atoms. The molecule has 276 valence electrons. The number of anilines is 2. The smallest absolute Gasteiger partial charge is 0.165 e. The van der Waals surface area contributed by atoms with Gasteiger partial charge in [-0.3, -0.25) is 0 Å². The van der Waals surface area contributed by atoms with Crippen molar-refractivity contribution in [3.8, 4) is 34.2 Å². The summed E-state index contributed by atoms with van der Waals surface area (Å²) in [5, 5.41) is 9.69. The number of fused-ring (bicyclic) bond motifs is 11. The van der Waals surface area contributed by atoms with Crippen LogP contribution in [0.1, 0.15) is 11.5 Å². The van der Waals surface area contributed by atoms with Gasteiger partial charge >= 0.3 is 0 Å². The van der Waals surface area contributed by atoms with Crippen LogP contribution < -0.4 is 4.90 Å². The molecule has 2 atom stereocenters. The zero-order chi connectivity index (χ0) is 38.6. The van der Waals surface area contributed by atoms with Crippen LogP contribution >= 0.6 is 22.7 Å². The van der Waals surface area contributed by atoms with E-state index >= 15 is 0 Å². The van der Waals surface area contributed by atoms with Gasteiger partial charge in [0.15, 0.2) is 17.5 Å². The summed E-state index contributed by atoms with van der Waals surface area (Å²) in [5.74, 6) is 2.24.